The number of pyridine rings is 1. The van der Waals surface area contributed by atoms with Gasteiger partial charge in [-0.2, -0.15) is 0 Å². The average Bonchev–Trinajstić information content (AvgIpc) is 2.93. The second kappa shape index (κ2) is 6.62. The van der Waals surface area contributed by atoms with Crippen molar-refractivity contribution in [3.05, 3.63) is 47.7 Å². The van der Waals surface area contributed by atoms with E-state index in [0.29, 0.717) is 23.9 Å². The number of aliphatic hydroxyl groups is 1. The molecule has 2 aromatic rings. The van der Waals surface area contributed by atoms with E-state index in [4.69, 9.17) is 9.15 Å². The van der Waals surface area contributed by atoms with Crippen molar-refractivity contribution < 1.29 is 19.1 Å². The Balaban J connectivity index is 2.06. The van der Waals surface area contributed by atoms with Gasteiger partial charge in [-0.3, -0.25) is 4.79 Å². The number of aryl methyl sites for hydroxylation is 1. The highest BCUT2D eigenvalue weighted by Crippen LogP contribution is 2.22. The predicted molar refractivity (Wildman–Crippen MR) is 80.8 cm³/mol. The first-order chi connectivity index (χ1) is 10.4. The molecular weight excluding hydrogens is 284 g/mol. The van der Waals surface area contributed by atoms with Crippen LogP contribution < -0.4 is 10.1 Å². The number of aromatic nitrogens is 1. The van der Waals surface area contributed by atoms with E-state index in [9.17, 15) is 9.90 Å². The van der Waals surface area contributed by atoms with Gasteiger partial charge in [0.05, 0.1) is 13.2 Å². The number of furan rings is 1. The molecule has 0 saturated heterocycles. The maximum Gasteiger partial charge on any atom is 0.273 e. The number of nitrogens with one attached hydrogen (secondary N) is 1. The first-order valence-electron chi connectivity index (χ1n) is 7.09. The van der Waals surface area contributed by atoms with E-state index in [2.05, 4.69) is 10.3 Å². The second-order valence-electron chi connectivity index (χ2n) is 5.15. The molecule has 0 spiro atoms. The van der Waals surface area contributed by atoms with Crippen LogP contribution in [0, 0.1) is 6.92 Å². The van der Waals surface area contributed by atoms with Crippen LogP contribution in [0.5, 0.6) is 5.75 Å². The molecular formula is C16H20N2O4. The molecule has 22 heavy (non-hydrogen) atoms. The van der Waals surface area contributed by atoms with E-state index in [0.717, 1.165) is 0 Å². The third kappa shape index (κ3) is 3.65. The number of carbonyl (C=O) groups is 1. The molecule has 0 saturated carbocycles. The Kier molecular flexibility index (Phi) is 4.82. The normalized spacial score (nSPS) is 13.5. The topological polar surface area (TPSA) is 84.6 Å². The Hall–Kier alpha value is -2.34. The molecule has 1 atom stereocenters. The molecule has 1 unspecified atom stereocenters. The van der Waals surface area contributed by atoms with Gasteiger partial charge in [-0.15, -0.1) is 0 Å². The molecule has 0 bridgehead atoms. The lowest BCUT2D eigenvalue weighted by molar-refractivity contribution is 0.0322. The van der Waals surface area contributed by atoms with Gasteiger partial charge in [0.15, 0.2) is 11.4 Å². The third-order valence-corrected chi connectivity index (χ3v) is 3.15. The predicted octanol–water partition coefficient (Wildman–Crippen LogP) is 2.02. The van der Waals surface area contributed by atoms with E-state index >= 15 is 0 Å². The molecule has 0 aliphatic heterocycles. The molecule has 0 fully saturated rings. The number of nitrogens with zero attached hydrogens (tertiary/aromatic N) is 1. The molecule has 0 aliphatic rings. The quantitative estimate of drug-likeness (QED) is 0.853. The van der Waals surface area contributed by atoms with Gasteiger partial charge in [0.1, 0.15) is 17.1 Å². The second-order valence-corrected chi connectivity index (χ2v) is 5.15. The highest BCUT2D eigenvalue weighted by Gasteiger charge is 2.28. The van der Waals surface area contributed by atoms with Crippen molar-refractivity contribution in [3.63, 3.8) is 0 Å². The van der Waals surface area contributed by atoms with Gasteiger partial charge in [0.25, 0.3) is 5.91 Å². The number of amides is 1. The Labute approximate surface area is 129 Å². The number of carbonyl (C=O) groups excluding carboxylic acids is 1. The van der Waals surface area contributed by atoms with E-state index in [1.165, 1.54) is 6.20 Å². The summed E-state index contributed by atoms with van der Waals surface area (Å²) in [7, 11) is 0. The van der Waals surface area contributed by atoms with E-state index in [1.807, 2.05) is 6.92 Å². The SMILES string of the molecule is CCOc1cccnc1C(=O)NCC(C)(O)c1ccc(C)o1. The molecule has 118 valence electrons. The lowest BCUT2D eigenvalue weighted by Gasteiger charge is -2.21. The van der Waals surface area contributed by atoms with Crippen LogP contribution in [-0.4, -0.2) is 29.1 Å². The van der Waals surface area contributed by atoms with E-state index in [-0.39, 0.29) is 12.2 Å². The first-order valence-corrected chi connectivity index (χ1v) is 7.09. The average molecular weight is 304 g/mol. The third-order valence-electron chi connectivity index (χ3n) is 3.15. The van der Waals surface area contributed by atoms with Gasteiger partial charge in [0.2, 0.25) is 0 Å². The molecule has 2 heterocycles. The summed E-state index contributed by atoms with van der Waals surface area (Å²) in [6.45, 7) is 5.64. The zero-order valence-corrected chi connectivity index (χ0v) is 12.9. The van der Waals surface area contributed by atoms with Gasteiger partial charge in [-0.25, -0.2) is 4.98 Å². The van der Waals surface area contributed by atoms with Crippen LogP contribution >= 0.6 is 0 Å². The maximum absolute atomic E-state index is 12.2. The first kappa shape index (κ1) is 16.0. The Bertz CT molecular complexity index is 649. The summed E-state index contributed by atoms with van der Waals surface area (Å²) in [5.41, 5.74) is -1.11. The number of rotatable bonds is 6. The minimum absolute atomic E-state index is 0.000919. The van der Waals surface area contributed by atoms with Gasteiger partial charge in [-0.05, 0) is 45.0 Å². The number of hydrogen-bond acceptors (Lipinski definition) is 5. The maximum atomic E-state index is 12.2. The van der Waals surface area contributed by atoms with Crippen molar-refractivity contribution in [1.29, 1.82) is 0 Å². The van der Waals surface area contributed by atoms with Crippen LogP contribution in [0.4, 0.5) is 0 Å². The lowest BCUT2D eigenvalue weighted by atomic mass is 10.0. The molecule has 0 radical (unpaired) electrons. The molecule has 0 aliphatic carbocycles. The highest BCUT2D eigenvalue weighted by molar-refractivity contribution is 5.94. The fourth-order valence-electron chi connectivity index (χ4n) is 1.98. The van der Waals surface area contributed by atoms with Crippen molar-refractivity contribution in [1.82, 2.24) is 10.3 Å². The summed E-state index contributed by atoms with van der Waals surface area (Å²) < 4.78 is 10.8. The monoisotopic (exact) mass is 304 g/mol. The van der Waals surface area contributed by atoms with Crippen LogP contribution in [0.2, 0.25) is 0 Å². The number of hydrogen-bond donors (Lipinski definition) is 2. The van der Waals surface area contributed by atoms with Crippen molar-refractivity contribution in [2.24, 2.45) is 0 Å². The molecule has 6 heteroatoms. The fourth-order valence-corrected chi connectivity index (χ4v) is 1.98. The van der Waals surface area contributed by atoms with Gasteiger partial charge < -0.3 is 19.6 Å². The summed E-state index contributed by atoms with van der Waals surface area (Å²) in [4.78, 5) is 16.3. The summed E-state index contributed by atoms with van der Waals surface area (Å²) in [5.74, 6) is 1.10. The minimum atomic E-state index is -1.30. The molecule has 2 rings (SSSR count). The summed E-state index contributed by atoms with van der Waals surface area (Å²) in [6, 6.07) is 6.83. The molecule has 6 nitrogen and oxygen atoms in total. The summed E-state index contributed by atoms with van der Waals surface area (Å²) >= 11 is 0. The molecule has 1 amide bonds. The fraction of sp³-hybridized carbons (Fsp3) is 0.375. The minimum Gasteiger partial charge on any atom is -0.491 e. The summed E-state index contributed by atoms with van der Waals surface area (Å²) in [5, 5.41) is 13.1. The Morgan fingerprint density at radius 1 is 1.45 bits per heavy atom. The molecule has 2 aromatic heterocycles. The smallest absolute Gasteiger partial charge is 0.273 e. The van der Waals surface area contributed by atoms with Gasteiger partial charge in [-0.1, -0.05) is 0 Å². The highest BCUT2D eigenvalue weighted by atomic mass is 16.5. The van der Waals surface area contributed by atoms with E-state index < -0.39 is 11.5 Å². The van der Waals surface area contributed by atoms with Crippen LogP contribution in [0.25, 0.3) is 0 Å². The van der Waals surface area contributed by atoms with Crippen LogP contribution in [-0.2, 0) is 5.60 Å². The van der Waals surface area contributed by atoms with Crippen LogP contribution in [0.1, 0.15) is 35.9 Å². The Morgan fingerprint density at radius 3 is 2.86 bits per heavy atom. The van der Waals surface area contributed by atoms with Gasteiger partial charge >= 0.3 is 0 Å². The van der Waals surface area contributed by atoms with Gasteiger partial charge in [0, 0.05) is 6.20 Å². The van der Waals surface area contributed by atoms with Crippen molar-refractivity contribution in [3.8, 4) is 5.75 Å². The van der Waals surface area contributed by atoms with Crippen LogP contribution in [0.15, 0.2) is 34.9 Å². The molecule has 2 N–H and O–H groups in total. The van der Waals surface area contributed by atoms with Crippen LogP contribution in [0.3, 0.4) is 0 Å². The largest absolute Gasteiger partial charge is 0.491 e. The van der Waals surface area contributed by atoms with Crippen molar-refractivity contribution >= 4 is 5.91 Å². The van der Waals surface area contributed by atoms with Crippen molar-refractivity contribution in [2.45, 2.75) is 26.4 Å². The molecule has 0 aromatic carbocycles. The standard InChI is InChI=1S/C16H20N2O4/c1-4-21-12-6-5-9-17-14(12)15(19)18-10-16(3,20)13-8-7-11(2)22-13/h5-9,20H,4,10H2,1-3H3,(H,18,19). The lowest BCUT2D eigenvalue weighted by Crippen LogP contribution is -2.38. The zero-order valence-electron chi connectivity index (χ0n) is 12.9. The number of ether oxygens (including phenoxy) is 1. The zero-order chi connectivity index (χ0) is 16.2. The summed E-state index contributed by atoms with van der Waals surface area (Å²) in [6.07, 6.45) is 1.52. The Morgan fingerprint density at radius 2 is 2.23 bits per heavy atom. The van der Waals surface area contributed by atoms with Crippen molar-refractivity contribution in [2.75, 3.05) is 13.2 Å². The van der Waals surface area contributed by atoms with E-state index in [1.54, 1.807) is 38.1 Å².